The van der Waals surface area contributed by atoms with E-state index in [2.05, 4.69) is 5.32 Å². The fraction of sp³-hybridized carbons (Fsp3) is 0.207. The lowest BCUT2D eigenvalue weighted by molar-refractivity contribution is -0.183. The Morgan fingerprint density at radius 1 is 0.974 bits per heavy atom. The van der Waals surface area contributed by atoms with Gasteiger partial charge in [-0.1, -0.05) is 78.9 Å². The Bertz CT molecular complexity index is 1600. The number of hydroxylamine groups is 2. The van der Waals surface area contributed by atoms with Gasteiger partial charge in [-0.15, -0.1) is 0 Å². The quantitative estimate of drug-likeness (QED) is 0.381. The van der Waals surface area contributed by atoms with Crippen molar-refractivity contribution in [2.75, 3.05) is 13.2 Å². The zero-order chi connectivity index (χ0) is 26.1. The van der Waals surface area contributed by atoms with Crippen molar-refractivity contribution >= 4 is 27.0 Å². The van der Waals surface area contributed by atoms with Gasteiger partial charge < -0.3 is 10.1 Å². The highest BCUT2D eigenvalue weighted by atomic mass is 32.2. The minimum atomic E-state index is -3.96. The number of carbonyl (C=O) groups is 1. The van der Waals surface area contributed by atoms with Crippen LogP contribution in [0.1, 0.15) is 22.9 Å². The van der Waals surface area contributed by atoms with E-state index in [1.807, 2.05) is 66.7 Å². The first-order valence-corrected chi connectivity index (χ1v) is 13.9. The van der Waals surface area contributed by atoms with Crippen LogP contribution in [0, 0.1) is 0 Å². The summed E-state index contributed by atoms with van der Waals surface area (Å²) in [6, 6.07) is 24.2. The number of alkyl carbamates (subject to hydrolysis) is 1. The van der Waals surface area contributed by atoms with Gasteiger partial charge in [-0.2, -0.15) is 5.06 Å². The smallest absolute Gasteiger partial charge is 0.408 e. The SMILES string of the molecule is O=C(N[C@@H]1C=CCON2CCc3c(n(S(=O)(=O)c4ccccc4)c4ccccc34)[C@H]12)OCc1ccccc1. The molecule has 9 heteroatoms. The Labute approximate surface area is 221 Å². The molecule has 3 aromatic carbocycles. The minimum Gasteiger partial charge on any atom is -0.445 e. The summed E-state index contributed by atoms with van der Waals surface area (Å²) >= 11 is 0. The third-order valence-electron chi connectivity index (χ3n) is 6.95. The second-order valence-corrected chi connectivity index (χ2v) is 11.0. The molecule has 4 aromatic rings. The standard InChI is InChI=1S/C29H27N3O5S/c33-29(36-20-21-10-3-1-4-11-21)30-25-15-9-19-37-31-18-17-24-23-14-7-8-16-26(23)32(27(24)28(25)31)38(34,35)22-12-5-2-6-13-22/h1-16,25,28H,17-20H2,(H,30,33)/t25-,28+/m1/s1. The maximum atomic E-state index is 14.1. The molecule has 0 fully saturated rings. The van der Waals surface area contributed by atoms with E-state index in [0.717, 1.165) is 16.5 Å². The summed E-state index contributed by atoms with van der Waals surface area (Å²) in [4.78, 5) is 19.1. The van der Waals surface area contributed by atoms with E-state index in [4.69, 9.17) is 9.57 Å². The van der Waals surface area contributed by atoms with Gasteiger partial charge in [0.2, 0.25) is 0 Å². The summed E-state index contributed by atoms with van der Waals surface area (Å²) in [5.74, 6) is 0. The first-order valence-electron chi connectivity index (χ1n) is 12.5. The molecule has 194 valence electrons. The third-order valence-corrected chi connectivity index (χ3v) is 8.69. The van der Waals surface area contributed by atoms with Crippen molar-refractivity contribution < 1.29 is 22.8 Å². The highest BCUT2D eigenvalue weighted by molar-refractivity contribution is 7.90. The third kappa shape index (κ3) is 4.38. The number of carbonyl (C=O) groups excluding carboxylic acids is 1. The van der Waals surface area contributed by atoms with Crippen LogP contribution >= 0.6 is 0 Å². The Morgan fingerprint density at radius 3 is 2.47 bits per heavy atom. The zero-order valence-corrected chi connectivity index (χ0v) is 21.4. The molecule has 2 atom stereocenters. The molecule has 2 aliphatic rings. The molecule has 0 aliphatic carbocycles. The van der Waals surface area contributed by atoms with Crippen LogP contribution in [0.15, 0.2) is 102 Å². The average molecular weight is 530 g/mol. The maximum Gasteiger partial charge on any atom is 0.408 e. The number of hydrogen-bond donors (Lipinski definition) is 1. The summed E-state index contributed by atoms with van der Waals surface area (Å²) in [6.07, 6.45) is 3.69. The Hall–Kier alpha value is -3.92. The lowest BCUT2D eigenvalue weighted by Gasteiger charge is -2.38. The van der Waals surface area contributed by atoms with Crippen LogP contribution in [0.25, 0.3) is 10.9 Å². The molecule has 6 rings (SSSR count). The highest BCUT2D eigenvalue weighted by Gasteiger charge is 2.42. The van der Waals surface area contributed by atoms with Crippen molar-refractivity contribution in [3.63, 3.8) is 0 Å². The topological polar surface area (TPSA) is 89.9 Å². The lowest BCUT2D eigenvalue weighted by atomic mass is 9.94. The van der Waals surface area contributed by atoms with E-state index in [9.17, 15) is 13.2 Å². The van der Waals surface area contributed by atoms with Gasteiger partial charge in [0.15, 0.2) is 0 Å². The summed E-state index contributed by atoms with van der Waals surface area (Å²) in [7, 11) is -3.96. The minimum absolute atomic E-state index is 0.127. The summed E-state index contributed by atoms with van der Waals surface area (Å²) < 4.78 is 35.1. The van der Waals surface area contributed by atoms with E-state index in [0.29, 0.717) is 30.8 Å². The molecular formula is C29H27N3O5S. The van der Waals surface area contributed by atoms with E-state index in [1.165, 1.54) is 3.97 Å². The van der Waals surface area contributed by atoms with Crippen molar-refractivity contribution in [2.24, 2.45) is 0 Å². The summed E-state index contributed by atoms with van der Waals surface area (Å²) in [5, 5.41) is 5.61. The second kappa shape index (κ2) is 10.1. The normalized spacial score (nSPS) is 19.4. The molecule has 1 amide bonds. The van der Waals surface area contributed by atoms with Crippen LogP contribution in [-0.4, -0.2) is 42.7 Å². The lowest BCUT2D eigenvalue weighted by Crippen LogP contribution is -2.48. The number of nitrogens with one attached hydrogen (secondary N) is 1. The molecule has 0 unspecified atom stereocenters. The highest BCUT2D eigenvalue weighted by Crippen LogP contribution is 2.41. The van der Waals surface area contributed by atoms with Crippen LogP contribution in [-0.2, 0) is 32.6 Å². The zero-order valence-electron chi connectivity index (χ0n) is 20.6. The summed E-state index contributed by atoms with van der Waals surface area (Å²) in [5.41, 5.74) is 2.99. The number of rotatable bonds is 5. The molecule has 8 nitrogen and oxygen atoms in total. The molecular weight excluding hydrogens is 502 g/mol. The number of amides is 1. The van der Waals surface area contributed by atoms with E-state index >= 15 is 0 Å². The van der Waals surface area contributed by atoms with Gasteiger partial charge >= 0.3 is 6.09 Å². The fourth-order valence-corrected chi connectivity index (χ4v) is 6.89. The van der Waals surface area contributed by atoms with Crippen LogP contribution < -0.4 is 5.32 Å². The van der Waals surface area contributed by atoms with Crippen molar-refractivity contribution in [1.29, 1.82) is 0 Å². The van der Waals surface area contributed by atoms with Gasteiger partial charge in [0.1, 0.15) is 12.6 Å². The monoisotopic (exact) mass is 529 g/mol. The fourth-order valence-electron chi connectivity index (χ4n) is 5.28. The van der Waals surface area contributed by atoms with Gasteiger partial charge in [0, 0.05) is 11.9 Å². The predicted molar refractivity (Wildman–Crippen MR) is 143 cm³/mol. The molecule has 1 aromatic heterocycles. The number of nitrogens with zero attached hydrogens (tertiary/aromatic N) is 2. The van der Waals surface area contributed by atoms with Crippen LogP contribution in [0.4, 0.5) is 4.79 Å². The maximum absolute atomic E-state index is 14.1. The van der Waals surface area contributed by atoms with Gasteiger partial charge in [0.25, 0.3) is 10.0 Å². The van der Waals surface area contributed by atoms with Crippen molar-refractivity contribution in [3.05, 3.63) is 114 Å². The Kier molecular flexibility index (Phi) is 6.49. The van der Waals surface area contributed by atoms with Gasteiger partial charge in [0.05, 0.1) is 28.8 Å². The number of para-hydroxylation sites is 1. The number of ether oxygens (including phenoxy) is 1. The van der Waals surface area contributed by atoms with Crippen LogP contribution in [0.3, 0.4) is 0 Å². The van der Waals surface area contributed by atoms with Crippen molar-refractivity contribution in [1.82, 2.24) is 14.4 Å². The summed E-state index contributed by atoms with van der Waals surface area (Å²) in [6.45, 7) is 0.993. The molecule has 0 radical (unpaired) electrons. The van der Waals surface area contributed by atoms with E-state index in [-0.39, 0.29) is 11.5 Å². The van der Waals surface area contributed by atoms with E-state index in [1.54, 1.807) is 35.4 Å². The van der Waals surface area contributed by atoms with Gasteiger partial charge in [-0.05, 0) is 35.7 Å². The predicted octanol–water partition coefficient (Wildman–Crippen LogP) is 4.57. The number of benzene rings is 3. The number of fused-ring (bicyclic) bond motifs is 5. The Morgan fingerprint density at radius 2 is 1.68 bits per heavy atom. The average Bonchev–Trinajstić information content (AvgIpc) is 3.16. The Balaban J connectivity index is 1.43. The van der Waals surface area contributed by atoms with E-state index < -0.39 is 28.2 Å². The molecule has 0 bridgehead atoms. The largest absolute Gasteiger partial charge is 0.445 e. The second-order valence-electron chi connectivity index (χ2n) is 9.25. The first-order chi connectivity index (χ1) is 18.5. The molecule has 2 aliphatic heterocycles. The number of aromatic nitrogens is 1. The molecule has 0 spiro atoms. The first kappa shape index (κ1) is 24.4. The molecule has 0 saturated heterocycles. The molecule has 1 N–H and O–H groups in total. The molecule has 38 heavy (non-hydrogen) atoms. The molecule has 3 heterocycles. The van der Waals surface area contributed by atoms with Gasteiger partial charge in [-0.3, -0.25) is 4.84 Å². The van der Waals surface area contributed by atoms with Crippen LogP contribution in [0.5, 0.6) is 0 Å². The van der Waals surface area contributed by atoms with Crippen molar-refractivity contribution in [2.45, 2.75) is 30.0 Å². The van der Waals surface area contributed by atoms with Crippen molar-refractivity contribution in [3.8, 4) is 0 Å². The van der Waals surface area contributed by atoms with Gasteiger partial charge in [-0.25, -0.2) is 17.2 Å². The molecule has 0 saturated carbocycles. The van der Waals surface area contributed by atoms with Crippen LogP contribution in [0.2, 0.25) is 0 Å². The number of hydrogen-bond acceptors (Lipinski definition) is 6.